The van der Waals surface area contributed by atoms with Gasteiger partial charge in [-0.05, 0) is 48.8 Å². The molecule has 1 aromatic carbocycles. The first kappa shape index (κ1) is 11.5. The van der Waals surface area contributed by atoms with E-state index in [0.717, 1.165) is 6.54 Å². The summed E-state index contributed by atoms with van der Waals surface area (Å²) in [7, 11) is 0. The van der Waals surface area contributed by atoms with Crippen molar-refractivity contribution in [1.82, 2.24) is 5.32 Å². The normalized spacial score (nSPS) is 28.6. The summed E-state index contributed by atoms with van der Waals surface area (Å²) in [5.41, 5.74) is 3.42. The summed E-state index contributed by atoms with van der Waals surface area (Å²) >= 11 is 0. The Morgan fingerprint density at radius 2 is 2.33 bits per heavy atom. The van der Waals surface area contributed by atoms with Crippen LogP contribution in [-0.2, 0) is 16.6 Å². The highest BCUT2D eigenvalue weighted by molar-refractivity contribution is 5.86. The van der Waals surface area contributed by atoms with E-state index in [4.69, 9.17) is 0 Å². The molecule has 1 saturated carbocycles. The molecule has 2 aliphatic rings. The molecule has 0 bridgehead atoms. The smallest absolute Gasteiger partial charge is 0.243 e. The van der Waals surface area contributed by atoms with Gasteiger partial charge in [0.15, 0.2) is 0 Å². The minimum atomic E-state index is -0.0545. The molecule has 2 heteroatoms. The van der Waals surface area contributed by atoms with E-state index in [1.54, 1.807) is 0 Å². The molecular weight excluding hydrogens is 222 g/mol. The lowest BCUT2D eigenvalue weighted by Gasteiger charge is -2.26. The maximum absolute atomic E-state index is 11.2. The number of fused-ring (bicyclic) bond motifs is 2. The molecule has 2 nitrogen and oxygen atoms in total. The van der Waals surface area contributed by atoms with Gasteiger partial charge in [-0.25, -0.2) is 0 Å². The Morgan fingerprint density at radius 3 is 3.17 bits per heavy atom. The lowest BCUT2D eigenvalue weighted by molar-refractivity contribution is -0.116. The minimum Gasteiger partial charge on any atom is -0.352 e. The first-order valence-corrected chi connectivity index (χ1v) is 6.75. The van der Waals surface area contributed by atoms with Crippen LogP contribution in [0.5, 0.6) is 0 Å². The Kier molecular flexibility index (Phi) is 2.73. The van der Waals surface area contributed by atoms with Crippen LogP contribution < -0.4 is 5.32 Å². The summed E-state index contributed by atoms with van der Waals surface area (Å²) in [5, 5.41) is 2.94. The summed E-state index contributed by atoms with van der Waals surface area (Å²) in [6, 6.07) is 8.82. The van der Waals surface area contributed by atoms with Crippen molar-refractivity contribution in [1.29, 1.82) is 0 Å². The number of nitrogens with one attached hydrogen (secondary N) is 1. The average Bonchev–Trinajstić information content (AvgIpc) is 3.10. The third-order valence-corrected chi connectivity index (χ3v) is 4.56. The second-order valence-corrected chi connectivity index (χ2v) is 5.52. The maximum atomic E-state index is 11.2. The number of rotatable bonds is 3. The van der Waals surface area contributed by atoms with Crippen molar-refractivity contribution in [2.45, 2.75) is 31.1 Å². The fraction of sp³-hybridized carbons (Fsp3) is 0.438. The Balaban J connectivity index is 1.75. The van der Waals surface area contributed by atoms with Crippen molar-refractivity contribution in [2.75, 3.05) is 6.54 Å². The van der Waals surface area contributed by atoms with E-state index in [9.17, 15) is 4.79 Å². The molecule has 1 fully saturated rings. The highest BCUT2D eigenvalue weighted by Gasteiger charge is 2.55. The second kappa shape index (κ2) is 4.27. The van der Waals surface area contributed by atoms with E-state index in [2.05, 4.69) is 36.2 Å². The van der Waals surface area contributed by atoms with Gasteiger partial charge >= 0.3 is 0 Å². The van der Waals surface area contributed by atoms with Gasteiger partial charge in [0, 0.05) is 12.0 Å². The van der Waals surface area contributed by atoms with Gasteiger partial charge in [-0.2, -0.15) is 0 Å². The topological polar surface area (TPSA) is 29.1 Å². The van der Waals surface area contributed by atoms with Crippen molar-refractivity contribution >= 4 is 5.91 Å². The largest absolute Gasteiger partial charge is 0.352 e. The Labute approximate surface area is 108 Å². The van der Waals surface area contributed by atoms with E-state index in [1.807, 2.05) is 0 Å². The third-order valence-electron chi connectivity index (χ3n) is 4.56. The number of benzene rings is 1. The first-order valence-electron chi connectivity index (χ1n) is 6.75. The number of carbonyl (C=O) groups excluding carboxylic acids is 1. The number of carbonyl (C=O) groups is 1. The van der Waals surface area contributed by atoms with Crippen LogP contribution in [0.2, 0.25) is 0 Å². The van der Waals surface area contributed by atoms with Crippen molar-refractivity contribution < 1.29 is 4.79 Å². The quantitative estimate of drug-likeness (QED) is 0.810. The summed E-state index contributed by atoms with van der Waals surface area (Å²) in [5.74, 6) is 0.559. The van der Waals surface area contributed by atoms with Crippen LogP contribution in [0.25, 0.3) is 0 Å². The second-order valence-electron chi connectivity index (χ2n) is 5.52. The molecule has 0 saturated heterocycles. The number of amides is 1. The fourth-order valence-corrected chi connectivity index (χ4v) is 3.53. The van der Waals surface area contributed by atoms with Crippen LogP contribution >= 0.6 is 0 Å². The van der Waals surface area contributed by atoms with Gasteiger partial charge in [0.25, 0.3) is 0 Å². The van der Waals surface area contributed by atoms with Crippen molar-refractivity contribution in [2.24, 2.45) is 5.92 Å². The lowest BCUT2D eigenvalue weighted by atomic mass is 9.78. The number of aryl methyl sites for hydroxylation is 1. The van der Waals surface area contributed by atoms with Crippen LogP contribution in [0.15, 0.2) is 36.9 Å². The summed E-state index contributed by atoms with van der Waals surface area (Å²) < 4.78 is 0. The highest BCUT2D eigenvalue weighted by Crippen LogP contribution is 2.59. The molecule has 1 aromatic rings. The molecule has 2 aliphatic carbocycles. The Bertz CT molecular complexity index is 494. The first-order chi connectivity index (χ1) is 8.76. The van der Waals surface area contributed by atoms with Crippen LogP contribution in [0.1, 0.15) is 30.4 Å². The van der Waals surface area contributed by atoms with Crippen LogP contribution in [0.4, 0.5) is 0 Å². The van der Waals surface area contributed by atoms with Crippen molar-refractivity contribution in [3.8, 4) is 0 Å². The van der Waals surface area contributed by atoms with Crippen LogP contribution in [-0.4, -0.2) is 12.5 Å². The Morgan fingerprint density at radius 1 is 1.50 bits per heavy atom. The molecule has 0 aliphatic heterocycles. The van der Waals surface area contributed by atoms with Gasteiger partial charge < -0.3 is 5.32 Å². The molecule has 0 radical (unpaired) electrons. The molecule has 94 valence electrons. The monoisotopic (exact) mass is 241 g/mol. The molecule has 2 unspecified atom stereocenters. The van der Waals surface area contributed by atoms with E-state index in [-0.39, 0.29) is 5.91 Å². The number of hydrogen-bond acceptors (Lipinski definition) is 1. The molecule has 0 aromatic heterocycles. The zero-order chi connectivity index (χ0) is 12.6. The van der Waals surface area contributed by atoms with Gasteiger partial charge in [-0.15, -0.1) is 0 Å². The molecular formula is C16H19NO. The van der Waals surface area contributed by atoms with E-state index in [0.29, 0.717) is 11.3 Å². The van der Waals surface area contributed by atoms with Crippen molar-refractivity contribution in [3.05, 3.63) is 48.0 Å². The average molecular weight is 241 g/mol. The van der Waals surface area contributed by atoms with E-state index < -0.39 is 0 Å². The SMILES string of the molecule is C=CC(=O)NCC1CC12CCCc1ccccc12. The lowest BCUT2D eigenvalue weighted by Crippen LogP contribution is -2.27. The van der Waals surface area contributed by atoms with Gasteiger partial charge in [-0.1, -0.05) is 30.8 Å². The molecule has 0 heterocycles. The predicted molar refractivity (Wildman–Crippen MR) is 72.4 cm³/mol. The van der Waals surface area contributed by atoms with Crippen LogP contribution in [0, 0.1) is 5.92 Å². The van der Waals surface area contributed by atoms with E-state index >= 15 is 0 Å². The minimum absolute atomic E-state index is 0.0545. The molecule has 2 atom stereocenters. The summed E-state index contributed by atoms with van der Waals surface area (Å²) in [6.07, 6.45) is 6.34. The van der Waals surface area contributed by atoms with Gasteiger partial charge in [-0.3, -0.25) is 4.79 Å². The zero-order valence-corrected chi connectivity index (χ0v) is 10.6. The zero-order valence-electron chi connectivity index (χ0n) is 10.6. The van der Waals surface area contributed by atoms with Crippen LogP contribution in [0.3, 0.4) is 0 Å². The van der Waals surface area contributed by atoms with E-state index in [1.165, 1.54) is 42.9 Å². The molecule has 3 rings (SSSR count). The van der Waals surface area contributed by atoms with Gasteiger partial charge in [0.05, 0.1) is 0 Å². The molecule has 1 N–H and O–H groups in total. The molecule has 1 spiro atoms. The van der Waals surface area contributed by atoms with Gasteiger partial charge in [0.2, 0.25) is 5.91 Å². The summed E-state index contributed by atoms with van der Waals surface area (Å²) in [6.45, 7) is 4.28. The fourth-order valence-electron chi connectivity index (χ4n) is 3.53. The molecule has 18 heavy (non-hydrogen) atoms. The van der Waals surface area contributed by atoms with Crippen molar-refractivity contribution in [3.63, 3.8) is 0 Å². The summed E-state index contributed by atoms with van der Waals surface area (Å²) in [4.78, 5) is 11.2. The van der Waals surface area contributed by atoms with Gasteiger partial charge in [0.1, 0.15) is 0 Å². The Hall–Kier alpha value is -1.57. The predicted octanol–water partition coefficient (Wildman–Crippen LogP) is 2.58. The number of hydrogen-bond donors (Lipinski definition) is 1. The standard InChI is InChI=1S/C16H19NO/c1-2-15(18)17-11-13-10-16(13)9-5-7-12-6-3-4-8-14(12)16/h2-4,6,8,13H,1,5,7,9-11H2,(H,17,18). The highest BCUT2D eigenvalue weighted by atomic mass is 16.1. The molecule has 1 amide bonds. The third kappa shape index (κ3) is 1.76. The maximum Gasteiger partial charge on any atom is 0.243 e.